The standard InChI is InChI=1S/C23H17F2N3O4S/c24-23(25)32-19-10-5-4-9-16(19)26-21(29)14-31-22(30)18-13-17(20-11-6-12-33-20)27-28(18)15-7-2-1-3-8-15/h1-13,23H,14H2,(H,26,29). The van der Waals surface area contributed by atoms with E-state index >= 15 is 0 Å². The van der Waals surface area contributed by atoms with Gasteiger partial charge in [-0.15, -0.1) is 11.3 Å². The number of hydrogen-bond donors (Lipinski definition) is 1. The van der Waals surface area contributed by atoms with Gasteiger partial charge in [-0.1, -0.05) is 36.4 Å². The molecule has 1 N–H and O–H groups in total. The fourth-order valence-electron chi connectivity index (χ4n) is 3.00. The number of hydrogen-bond acceptors (Lipinski definition) is 6. The number of thiophene rings is 1. The van der Waals surface area contributed by atoms with Gasteiger partial charge in [0.25, 0.3) is 5.91 Å². The van der Waals surface area contributed by atoms with Crippen LogP contribution in [0, 0.1) is 0 Å². The predicted molar refractivity (Wildman–Crippen MR) is 119 cm³/mol. The molecular weight excluding hydrogens is 452 g/mol. The molecule has 0 radical (unpaired) electrons. The second kappa shape index (κ2) is 10.0. The van der Waals surface area contributed by atoms with E-state index in [4.69, 9.17) is 4.74 Å². The van der Waals surface area contributed by atoms with E-state index in [1.807, 2.05) is 35.7 Å². The number of rotatable bonds is 8. The molecule has 0 bridgehead atoms. The Morgan fingerprint density at radius 1 is 1.03 bits per heavy atom. The summed E-state index contributed by atoms with van der Waals surface area (Å²) in [6, 6.07) is 20.1. The molecule has 0 aliphatic heterocycles. The first-order valence-corrected chi connectivity index (χ1v) is 10.6. The Kier molecular flexibility index (Phi) is 6.75. The summed E-state index contributed by atoms with van der Waals surface area (Å²) in [5.41, 5.74) is 1.41. The Morgan fingerprint density at radius 3 is 2.52 bits per heavy atom. The van der Waals surface area contributed by atoms with Crippen LogP contribution in [0.5, 0.6) is 5.75 Å². The maximum absolute atomic E-state index is 12.8. The first-order chi connectivity index (χ1) is 16.0. The molecule has 2 heterocycles. The molecule has 4 aromatic rings. The maximum atomic E-state index is 12.8. The molecular formula is C23H17F2N3O4S. The van der Waals surface area contributed by atoms with Crippen LogP contribution in [0.15, 0.2) is 78.2 Å². The van der Waals surface area contributed by atoms with Gasteiger partial charge < -0.3 is 14.8 Å². The number of ether oxygens (including phenoxy) is 2. The van der Waals surface area contributed by atoms with Crippen LogP contribution in [0.25, 0.3) is 16.3 Å². The molecule has 2 aromatic heterocycles. The van der Waals surface area contributed by atoms with Crippen molar-refractivity contribution in [3.8, 4) is 22.0 Å². The lowest BCUT2D eigenvalue weighted by Crippen LogP contribution is -2.22. The quantitative estimate of drug-likeness (QED) is 0.368. The molecule has 0 aliphatic rings. The van der Waals surface area contributed by atoms with Gasteiger partial charge in [-0.05, 0) is 35.7 Å². The van der Waals surface area contributed by atoms with Gasteiger partial charge in [-0.2, -0.15) is 13.9 Å². The number of benzene rings is 2. The van der Waals surface area contributed by atoms with Crippen LogP contribution in [0.4, 0.5) is 14.5 Å². The third kappa shape index (κ3) is 5.42. The second-order valence-corrected chi connectivity index (χ2v) is 7.59. The summed E-state index contributed by atoms with van der Waals surface area (Å²) < 4.78 is 36.1. The summed E-state index contributed by atoms with van der Waals surface area (Å²) in [7, 11) is 0. The van der Waals surface area contributed by atoms with Crippen molar-refractivity contribution in [1.29, 1.82) is 0 Å². The highest BCUT2D eigenvalue weighted by atomic mass is 32.1. The maximum Gasteiger partial charge on any atom is 0.387 e. The van der Waals surface area contributed by atoms with Crippen molar-refractivity contribution in [2.45, 2.75) is 6.61 Å². The molecule has 0 saturated heterocycles. The van der Waals surface area contributed by atoms with Crippen LogP contribution in [-0.4, -0.2) is 34.9 Å². The highest BCUT2D eigenvalue weighted by molar-refractivity contribution is 7.13. The molecule has 0 atom stereocenters. The lowest BCUT2D eigenvalue weighted by Gasteiger charge is -2.12. The first kappa shape index (κ1) is 22.2. The predicted octanol–water partition coefficient (Wildman–Crippen LogP) is 5.00. The molecule has 168 valence electrons. The van der Waals surface area contributed by atoms with Crippen molar-refractivity contribution in [3.05, 3.63) is 83.9 Å². The molecule has 7 nitrogen and oxygen atoms in total. The summed E-state index contributed by atoms with van der Waals surface area (Å²) >= 11 is 1.47. The fourth-order valence-corrected chi connectivity index (χ4v) is 3.68. The Labute approximate surface area is 191 Å². The zero-order chi connectivity index (χ0) is 23.2. The van der Waals surface area contributed by atoms with Gasteiger partial charge in [-0.3, -0.25) is 4.79 Å². The van der Waals surface area contributed by atoms with Gasteiger partial charge in [0.1, 0.15) is 11.4 Å². The van der Waals surface area contributed by atoms with Crippen LogP contribution >= 0.6 is 11.3 Å². The Balaban J connectivity index is 1.49. The molecule has 0 fully saturated rings. The van der Waals surface area contributed by atoms with Gasteiger partial charge in [0.15, 0.2) is 12.3 Å². The topological polar surface area (TPSA) is 82.5 Å². The van der Waals surface area contributed by atoms with Crippen LogP contribution in [0.2, 0.25) is 0 Å². The largest absolute Gasteiger partial charge is 0.451 e. The summed E-state index contributed by atoms with van der Waals surface area (Å²) in [6.07, 6.45) is 0. The molecule has 0 saturated carbocycles. The number of alkyl halides is 2. The van der Waals surface area contributed by atoms with Crippen LogP contribution in [-0.2, 0) is 9.53 Å². The minimum absolute atomic E-state index is 0.0353. The lowest BCUT2D eigenvalue weighted by molar-refractivity contribution is -0.119. The van der Waals surface area contributed by atoms with Crippen molar-refractivity contribution in [2.75, 3.05) is 11.9 Å². The SMILES string of the molecule is O=C(COC(=O)c1cc(-c2cccs2)nn1-c1ccccc1)Nc1ccccc1OC(F)F. The molecule has 4 rings (SSSR count). The van der Waals surface area contributed by atoms with Crippen LogP contribution < -0.4 is 10.1 Å². The smallest absolute Gasteiger partial charge is 0.387 e. The van der Waals surface area contributed by atoms with Crippen molar-refractivity contribution < 1.29 is 27.8 Å². The monoisotopic (exact) mass is 469 g/mol. The first-order valence-electron chi connectivity index (χ1n) is 9.71. The molecule has 0 unspecified atom stereocenters. The van der Waals surface area contributed by atoms with Crippen LogP contribution in [0.1, 0.15) is 10.5 Å². The normalized spacial score (nSPS) is 10.8. The average Bonchev–Trinajstić information content (AvgIpc) is 3.49. The van der Waals surface area contributed by atoms with Gasteiger partial charge in [0.2, 0.25) is 0 Å². The molecule has 1 amide bonds. The Morgan fingerprint density at radius 2 is 1.79 bits per heavy atom. The highest BCUT2D eigenvalue weighted by Crippen LogP contribution is 2.27. The number of esters is 1. The third-order valence-corrected chi connectivity index (χ3v) is 5.30. The number of para-hydroxylation sites is 3. The van der Waals surface area contributed by atoms with E-state index in [0.717, 1.165) is 4.88 Å². The van der Waals surface area contributed by atoms with Crippen molar-refractivity contribution in [3.63, 3.8) is 0 Å². The minimum Gasteiger partial charge on any atom is -0.451 e. The van der Waals surface area contributed by atoms with Gasteiger partial charge in [-0.25, -0.2) is 9.48 Å². The number of anilines is 1. The summed E-state index contributed by atoms with van der Waals surface area (Å²) in [4.78, 5) is 26.0. The summed E-state index contributed by atoms with van der Waals surface area (Å²) in [5.74, 6) is -1.67. The molecule has 0 aliphatic carbocycles. The van der Waals surface area contributed by atoms with E-state index in [9.17, 15) is 18.4 Å². The highest BCUT2D eigenvalue weighted by Gasteiger charge is 2.21. The summed E-state index contributed by atoms with van der Waals surface area (Å²) in [5, 5.41) is 8.82. The lowest BCUT2D eigenvalue weighted by atomic mass is 10.3. The van der Waals surface area contributed by atoms with E-state index in [1.165, 1.54) is 34.2 Å². The zero-order valence-corrected chi connectivity index (χ0v) is 17.8. The van der Waals surface area contributed by atoms with E-state index in [2.05, 4.69) is 15.2 Å². The van der Waals surface area contributed by atoms with Crippen molar-refractivity contribution >= 4 is 28.9 Å². The van der Waals surface area contributed by atoms with E-state index in [1.54, 1.807) is 24.3 Å². The van der Waals surface area contributed by atoms with E-state index in [-0.39, 0.29) is 17.1 Å². The number of nitrogens with zero attached hydrogens (tertiary/aromatic N) is 2. The Bertz CT molecular complexity index is 1240. The minimum atomic E-state index is -3.04. The average molecular weight is 469 g/mol. The van der Waals surface area contributed by atoms with Gasteiger partial charge >= 0.3 is 12.6 Å². The Hall–Kier alpha value is -4.05. The van der Waals surface area contributed by atoms with Crippen molar-refractivity contribution in [2.24, 2.45) is 0 Å². The molecule has 0 spiro atoms. The number of halogens is 2. The number of nitrogens with one attached hydrogen (secondary N) is 1. The second-order valence-electron chi connectivity index (χ2n) is 6.64. The summed E-state index contributed by atoms with van der Waals surface area (Å²) in [6.45, 7) is -3.67. The number of carbonyl (C=O) groups excluding carboxylic acids is 2. The molecule has 10 heteroatoms. The third-order valence-electron chi connectivity index (χ3n) is 4.40. The van der Waals surface area contributed by atoms with Crippen molar-refractivity contribution in [1.82, 2.24) is 9.78 Å². The molecule has 33 heavy (non-hydrogen) atoms. The zero-order valence-electron chi connectivity index (χ0n) is 17.0. The number of amides is 1. The van der Waals surface area contributed by atoms with Crippen LogP contribution in [0.3, 0.4) is 0 Å². The molecule has 2 aromatic carbocycles. The van der Waals surface area contributed by atoms with Gasteiger partial charge in [0, 0.05) is 6.07 Å². The van der Waals surface area contributed by atoms with E-state index in [0.29, 0.717) is 11.4 Å². The number of carbonyl (C=O) groups is 2. The van der Waals surface area contributed by atoms with E-state index < -0.39 is 25.1 Å². The number of aromatic nitrogens is 2. The fraction of sp³-hybridized carbons (Fsp3) is 0.0870. The van der Waals surface area contributed by atoms with Gasteiger partial charge in [0.05, 0.1) is 16.3 Å².